The molecule has 0 atom stereocenters. The SMILES string of the molecule is COC(=O)c1occ(Br)c(=O)c1OCc1ccccc1.O=C1NCCn2cc(Br)c(=O)c(OCc3ccccc3)c21.O=C1c2c(O)c(=O)c(-c3nccs3)cn2CCN1Cc1ccc(F)c(F)c1.O=C1c2c(OCc3ccccc3)c(=O)c(-c3nccs3)cn2CCN1Cc1ccc(F)c(F)c1.O=C1c2c(OCc3ccccc3)c(=O)c(Br)cn2CCN1Cc1ccc(F)c(F)c1. The highest BCUT2D eigenvalue weighted by atomic mass is 79.9. The number of methoxy groups -OCH3 is 1. The number of hydrogen-bond donors (Lipinski definition) is 2. The second-order valence-corrected chi connectivity index (χ2v) is 33.7. The standard InChI is InChI=1S/C25H19F2N3O3S.C22H17BrF2N2O3.C18H13F2N3O3S.C15H13BrN2O3.C14H11BrO5/c26-19-7-6-17(12-20(19)27)13-30-10-9-29-14-18(24-28-8-11-34-24)22(31)23(21(29)25(30)32)33-15-16-4-2-1-3-5-16;23-16-12-26-8-9-27(11-15-6-7-17(24)18(25)10-15)22(29)19(26)21(20(16)28)30-13-14-4-2-1-3-5-14;19-12-2-1-10(7-13(12)20)8-23-5-4-22-9-11(17-21-3-6-27-17)15(24)16(25)14(22)18(23)26;16-11-8-18-7-6-17-15(20)12(18)14(13(11)19)21-9-10-4-2-1-3-5-10;1-18-14(17)13-12(11(16)10(15)8-20-13)19-7-9-5-3-2-4-6-9/h1-8,11-12,14H,9-10,13,15H2;1-7,10,12H,8-9,11,13H2;1-3,6-7,9,25H,4-5,8H2;1-5,8H,6-7,9H2,(H,17,20);2-6,8H,7H2,1H3. The fraction of sp³-hybridized carbons (Fsp3) is 0.170. The molecule has 4 amide bonds. The van der Waals surface area contributed by atoms with E-state index in [-0.39, 0.29) is 119 Å². The van der Waals surface area contributed by atoms with Crippen molar-refractivity contribution in [3.8, 4) is 49.9 Å². The molecule has 0 saturated carbocycles. The van der Waals surface area contributed by atoms with Crippen LogP contribution in [0.1, 0.15) is 91.5 Å². The number of aromatic hydroxyl groups is 1. The lowest BCUT2D eigenvalue weighted by molar-refractivity contribution is 0.0551. The molecule has 0 radical (unpaired) electrons. The van der Waals surface area contributed by atoms with Gasteiger partial charge in [0.05, 0.1) is 27.2 Å². The van der Waals surface area contributed by atoms with Crippen LogP contribution in [0.25, 0.3) is 21.1 Å². The molecule has 11 heterocycles. The molecular weight excluding hydrogens is 1960 g/mol. The third-order valence-electron chi connectivity index (χ3n) is 20.6. The van der Waals surface area contributed by atoms with Crippen molar-refractivity contribution in [1.29, 1.82) is 0 Å². The average Bonchev–Trinajstić information content (AvgIpc) is 1.03. The van der Waals surface area contributed by atoms with Gasteiger partial charge in [-0.15, -0.1) is 22.7 Å². The van der Waals surface area contributed by atoms with E-state index in [1.54, 1.807) is 55.4 Å². The summed E-state index contributed by atoms with van der Waals surface area (Å²) in [5.74, 6) is -9.26. The first-order valence-electron chi connectivity index (χ1n) is 40.1. The van der Waals surface area contributed by atoms with Gasteiger partial charge in [-0.05, 0) is 123 Å². The van der Waals surface area contributed by atoms with E-state index < -0.39 is 86.1 Å². The lowest BCUT2D eigenvalue weighted by Gasteiger charge is -2.31. The van der Waals surface area contributed by atoms with Gasteiger partial charge in [0.2, 0.25) is 32.9 Å². The third kappa shape index (κ3) is 22.1. The van der Waals surface area contributed by atoms with Crippen molar-refractivity contribution in [3.05, 3.63) is 397 Å². The molecule has 38 heteroatoms. The predicted octanol–water partition coefficient (Wildman–Crippen LogP) is 15.9. The van der Waals surface area contributed by atoms with Crippen molar-refractivity contribution in [2.45, 2.75) is 72.2 Å². The maximum atomic E-state index is 13.7. The number of fused-ring (bicyclic) bond motifs is 4. The number of ether oxygens (including phenoxy) is 5. The number of carbonyl (C=O) groups excluding carboxylic acids is 5. The van der Waals surface area contributed by atoms with Crippen molar-refractivity contribution in [2.24, 2.45) is 0 Å². The van der Waals surface area contributed by atoms with Crippen molar-refractivity contribution >= 4 is 100 Å². The molecule has 18 rings (SSSR count). The van der Waals surface area contributed by atoms with Gasteiger partial charge in [-0.1, -0.05) is 140 Å². The molecule has 4 aliphatic rings. The molecule has 27 nitrogen and oxygen atoms in total. The van der Waals surface area contributed by atoms with Crippen LogP contribution >= 0.6 is 70.5 Å². The van der Waals surface area contributed by atoms with Gasteiger partial charge in [0, 0.05) is 120 Å². The summed E-state index contributed by atoms with van der Waals surface area (Å²) in [6, 6.07) is 47.9. The van der Waals surface area contributed by atoms with Crippen LogP contribution in [0, 0.1) is 34.9 Å². The molecule has 676 valence electrons. The number of nitrogens with zero attached hydrogens (tertiary/aromatic N) is 9. The number of nitrogens with one attached hydrogen (secondary N) is 1. The van der Waals surface area contributed by atoms with E-state index >= 15 is 0 Å². The molecule has 4 aliphatic heterocycles. The number of benzene rings is 7. The molecule has 14 aromatic rings. The van der Waals surface area contributed by atoms with E-state index in [1.807, 2.05) is 121 Å². The molecule has 0 saturated heterocycles. The number of rotatable bonds is 21. The van der Waals surface area contributed by atoms with E-state index in [0.29, 0.717) is 93.6 Å². The van der Waals surface area contributed by atoms with Gasteiger partial charge < -0.3 is 71.5 Å². The normalized spacial score (nSPS) is 12.9. The molecule has 7 aromatic heterocycles. The van der Waals surface area contributed by atoms with E-state index in [2.05, 4.69) is 67.8 Å². The Morgan fingerprint density at radius 2 is 0.758 bits per heavy atom. The molecule has 0 unspecified atom stereocenters. The number of esters is 1. The van der Waals surface area contributed by atoms with E-state index in [4.69, 9.17) is 23.4 Å². The number of pyridine rings is 4. The summed E-state index contributed by atoms with van der Waals surface area (Å²) in [4.78, 5) is 139. The molecule has 132 heavy (non-hydrogen) atoms. The highest BCUT2D eigenvalue weighted by molar-refractivity contribution is 9.11. The Hall–Kier alpha value is -14.1. The van der Waals surface area contributed by atoms with Gasteiger partial charge in [0.15, 0.2) is 80.7 Å². The smallest absolute Gasteiger partial charge is 0.378 e. The fourth-order valence-corrected chi connectivity index (χ4v) is 16.5. The number of halogens is 9. The zero-order valence-corrected chi connectivity index (χ0v) is 75.7. The Morgan fingerprint density at radius 3 is 1.14 bits per heavy atom. The average molecular weight is 2030 g/mol. The van der Waals surface area contributed by atoms with Gasteiger partial charge in [0.1, 0.15) is 47.2 Å². The van der Waals surface area contributed by atoms with Gasteiger partial charge in [-0.25, -0.2) is 41.1 Å². The Balaban J connectivity index is 0.000000135. The maximum Gasteiger partial charge on any atom is 0.378 e. The van der Waals surface area contributed by atoms with Crippen LogP contribution in [-0.4, -0.2) is 111 Å². The summed E-state index contributed by atoms with van der Waals surface area (Å²) in [7, 11) is 1.20. The molecule has 7 aromatic carbocycles. The van der Waals surface area contributed by atoms with Crippen LogP contribution in [0.4, 0.5) is 26.3 Å². The van der Waals surface area contributed by atoms with Gasteiger partial charge in [0.25, 0.3) is 29.4 Å². The van der Waals surface area contributed by atoms with Crippen LogP contribution in [0.15, 0.2) is 272 Å². The Kier molecular flexibility index (Phi) is 30.7. The zero-order valence-electron chi connectivity index (χ0n) is 69.3. The van der Waals surface area contributed by atoms with E-state index in [9.17, 15) is 79.4 Å². The minimum atomic E-state index is -0.996. The van der Waals surface area contributed by atoms with Crippen molar-refractivity contribution in [3.63, 3.8) is 0 Å². The topological polar surface area (TPSA) is 317 Å². The summed E-state index contributed by atoms with van der Waals surface area (Å²) >= 11 is 12.1. The third-order valence-corrected chi connectivity index (χ3v) is 23.9. The number of amides is 4. The summed E-state index contributed by atoms with van der Waals surface area (Å²) in [5, 5.41) is 17.6. The molecular formula is C94H73Br3F6N10O17S2. The van der Waals surface area contributed by atoms with Crippen LogP contribution in [0.2, 0.25) is 0 Å². The number of hydrogen-bond acceptors (Lipinski definition) is 21. The van der Waals surface area contributed by atoms with Gasteiger partial charge in [-0.3, -0.25) is 43.2 Å². The predicted molar refractivity (Wildman–Crippen MR) is 485 cm³/mol. The monoisotopic (exact) mass is 2030 g/mol. The fourth-order valence-electron chi connectivity index (χ4n) is 14.1. The highest BCUT2D eigenvalue weighted by Gasteiger charge is 2.36. The largest absolute Gasteiger partial charge is 0.503 e. The molecule has 0 spiro atoms. The Morgan fingerprint density at radius 1 is 0.409 bits per heavy atom. The van der Waals surface area contributed by atoms with Crippen molar-refractivity contribution in [2.75, 3.05) is 33.3 Å². The van der Waals surface area contributed by atoms with E-state index in [1.165, 1.54) is 73.4 Å². The first-order valence-corrected chi connectivity index (χ1v) is 44.3. The van der Waals surface area contributed by atoms with Crippen molar-refractivity contribution < 1.29 is 83.5 Å². The number of thiazole rings is 2. The first kappa shape index (κ1) is 94.0. The van der Waals surface area contributed by atoms with Crippen LogP contribution < -0.4 is 51.4 Å². The summed E-state index contributed by atoms with van der Waals surface area (Å²) in [6.07, 6.45) is 10.6. The van der Waals surface area contributed by atoms with Crippen molar-refractivity contribution in [1.82, 2.24) is 48.3 Å². The lowest BCUT2D eigenvalue weighted by Crippen LogP contribution is -2.41. The van der Waals surface area contributed by atoms with Crippen LogP contribution in [0.5, 0.6) is 28.7 Å². The Labute approximate surface area is 778 Å². The van der Waals surface area contributed by atoms with Crippen LogP contribution in [0.3, 0.4) is 0 Å². The summed E-state index contributed by atoms with van der Waals surface area (Å²) in [6.45, 7) is 4.18. The summed E-state index contributed by atoms with van der Waals surface area (Å²) in [5.41, 5.74) is 3.60. The molecule has 0 aliphatic carbocycles. The Bertz CT molecular complexity index is 6970. The summed E-state index contributed by atoms with van der Waals surface area (Å²) < 4.78 is 120. The zero-order chi connectivity index (χ0) is 93.4. The second kappa shape index (κ2) is 43.1. The molecule has 0 fully saturated rings. The minimum absolute atomic E-state index is 0.0341. The first-order chi connectivity index (χ1) is 63.7. The number of aromatic nitrogens is 6. The van der Waals surface area contributed by atoms with Gasteiger partial charge >= 0.3 is 5.97 Å². The molecule has 0 bridgehead atoms. The molecule has 2 N–H and O–H groups in total. The lowest BCUT2D eigenvalue weighted by atomic mass is 10.1. The van der Waals surface area contributed by atoms with Crippen LogP contribution in [-0.2, 0) is 77.0 Å². The van der Waals surface area contributed by atoms with E-state index in [0.717, 1.165) is 64.9 Å². The minimum Gasteiger partial charge on any atom is -0.503 e. The highest BCUT2D eigenvalue weighted by Crippen LogP contribution is 2.33. The number of carbonyl (C=O) groups is 5. The quantitative estimate of drug-likeness (QED) is 0.0498. The second-order valence-electron chi connectivity index (χ2n) is 29.4. The van der Waals surface area contributed by atoms with Gasteiger partial charge in [-0.2, -0.15) is 0 Å². The maximum absolute atomic E-state index is 13.7.